The minimum atomic E-state index is -4.79. The minimum absolute atomic E-state index is 0.0259. The van der Waals surface area contributed by atoms with E-state index in [2.05, 4.69) is 20.7 Å². The molecule has 2 aliphatic rings. The third-order valence-corrected chi connectivity index (χ3v) is 6.22. The number of amides is 2. The zero-order chi connectivity index (χ0) is 28.1. The first-order valence-electron chi connectivity index (χ1n) is 11.8. The number of nitrogens with zero attached hydrogens (tertiary/aromatic N) is 4. The van der Waals surface area contributed by atoms with Crippen LogP contribution in [0.15, 0.2) is 12.4 Å². The largest absolute Gasteiger partial charge is 0.419 e. The number of aliphatic hydroxyl groups is 1. The van der Waals surface area contributed by atoms with Gasteiger partial charge < -0.3 is 25.0 Å². The Labute approximate surface area is 213 Å². The summed E-state index contributed by atoms with van der Waals surface area (Å²) in [6.07, 6.45) is -9.05. The number of rotatable bonds is 9. The molecule has 2 amide bonds. The summed E-state index contributed by atoms with van der Waals surface area (Å²) < 4.78 is 83.4. The number of halogens is 6. The van der Waals surface area contributed by atoms with Gasteiger partial charge in [0.1, 0.15) is 0 Å². The Hall–Kier alpha value is -2.76. The Balaban J connectivity index is 1.42. The molecule has 3 heterocycles. The summed E-state index contributed by atoms with van der Waals surface area (Å²) >= 11 is 0. The minimum Gasteiger partial charge on any atom is -0.392 e. The van der Waals surface area contributed by atoms with Crippen LogP contribution >= 0.6 is 0 Å². The van der Waals surface area contributed by atoms with Crippen LogP contribution in [-0.4, -0.2) is 102 Å². The number of anilines is 1. The molecule has 17 heteroatoms. The first kappa shape index (κ1) is 29.8. The molecule has 0 radical (unpaired) electrons. The molecule has 0 saturated carbocycles. The van der Waals surface area contributed by atoms with Gasteiger partial charge in [0.25, 0.3) is 0 Å². The van der Waals surface area contributed by atoms with Crippen molar-refractivity contribution in [3.63, 3.8) is 0 Å². The normalized spacial score (nSPS) is 22.7. The van der Waals surface area contributed by atoms with Crippen molar-refractivity contribution in [1.29, 1.82) is 0 Å². The smallest absolute Gasteiger partial charge is 0.392 e. The van der Waals surface area contributed by atoms with Gasteiger partial charge in [-0.2, -0.15) is 26.3 Å². The lowest BCUT2D eigenvalue weighted by Crippen LogP contribution is -2.66. The van der Waals surface area contributed by atoms with E-state index in [1.54, 1.807) is 9.80 Å². The van der Waals surface area contributed by atoms with Gasteiger partial charge in [0.2, 0.25) is 17.8 Å². The lowest BCUT2D eigenvalue weighted by Gasteiger charge is -2.36. The van der Waals surface area contributed by atoms with E-state index in [9.17, 15) is 41.0 Å². The standard InChI is InChI=1S/C21H29F6N7O4/c1-12(35)15(31-14-10-30-32-18(37)17(14)21(25,26)27)11-38-7-2-16(36)33-3-5-34(6-4-33)19-28-8-13(9-29-19)20(22,23)24/h8-9,12,14-15,17,30-31,35H,2-7,10-11H2,1H3,(H,32,37)/t12?,14?,15-,17?/m1/s1. The average Bonchev–Trinajstić information content (AvgIpc) is 2.84. The Morgan fingerprint density at radius 1 is 1.18 bits per heavy atom. The molecule has 3 rings (SSSR count). The van der Waals surface area contributed by atoms with Crippen molar-refractivity contribution in [2.24, 2.45) is 5.92 Å². The summed E-state index contributed by atoms with van der Waals surface area (Å²) in [7, 11) is 0. The highest BCUT2D eigenvalue weighted by Crippen LogP contribution is 2.31. The molecule has 2 aliphatic heterocycles. The van der Waals surface area contributed by atoms with Gasteiger partial charge in [-0.05, 0) is 6.92 Å². The van der Waals surface area contributed by atoms with Crippen LogP contribution < -0.4 is 21.1 Å². The summed E-state index contributed by atoms with van der Waals surface area (Å²) in [6, 6.07) is -2.27. The maximum Gasteiger partial charge on any atom is 0.419 e. The number of nitrogens with one attached hydrogen (secondary N) is 3. The number of hydrogen-bond acceptors (Lipinski definition) is 9. The third kappa shape index (κ3) is 7.87. The molecule has 4 N–H and O–H groups in total. The van der Waals surface area contributed by atoms with Crippen LogP contribution in [0.3, 0.4) is 0 Å². The third-order valence-electron chi connectivity index (χ3n) is 6.22. The van der Waals surface area contributed by atoms with E-state index in [0.717, 1.165) is 0 Å². The number of hydrogen-bond donors (Lipinski definition) is 4. The summed E-state index contributed by atoms with van der Waals surface area (Å²) in [5.74, 6) is -3.66. The van der Waals surface area contributed by atoms with E-state index < -0.39 is 47.9 Å². The molecular weight excluding hydrogens is 528 g/mol. The Kier molecular flexibility index (Phi) is 9.72. The number of aromatic nitrogens is 2. The second kappa shape index (κ2) is 12.4. The number of alkyl halides is 6. The molecule has 2 fully saturated rings. The average molecular weight is 557 g/mol. The Bertz CT molecular complexity index is 939. The molecule has 0 aromatic carbocycles. The van der Waals surface area contributed by atoms with Crippen molar-refractivity contribution in [1.82, 2.24) is 31.0 Å². The molecule has 214 valence electrons. The lowest BCUT2D eigenvalue weighted by atomic mass is 9.95. The summed E-state index contributed by atoms with van der Waals surface area (Å²) in [5.41, 5.74) is 3.38. The first-order valence-corrected chi connectivity index (χ1v) is 11.8. The quantitative estimate of drug-likeness (QED) is 0.246. The van der Waals surface area contributed by atoms with Crippen LogP contribution in [0.5, 0.6) is 0 Å². The van der Waals surface area contributed by atoms with Gasteiger partial charge in [-0.25, -0.2) is 15.4 Å². The van der Waals surface area contributed by atoms with Crippen molar-refractivity contribution >= 4 is 17.8 Å². The second-order valence-corrected chi connectivity index (χ2v) is 8.97. The van der Waals surface area contributed by atoms with E-state index in [0.29, 0.717) is 25.5 Å². The van der Waals surface area contributed by atoms with Gasteiger partial charge >= 0.3 is 12.4 Å². The number of carbonyl (C=O) groups excluding carboxylic acids is 2. The van der Waals surface area contributed by atoms with Crippen LogP contribution in [0.25, 0.3) is 0 Å². The highest BCUT2D eigenvalue weighted by molar-refractivity contribution is 5.80. The molecular formula is C21H29F6N7O4. The fourth-order valence-corrected chi connectivity index (χ4v) is 4.07. The van der Waals surface area contributed by atoms with Gasteiger partial charge in [0, 0.05) is 51.2 Å². The molecule has 0 bridgehead atoms. The van der Waals surface area contributed by atoms with Crippen molar-refractivity contribution in [3.05, 3.63) is 18.0 Å². The SMILES string of the molecule is CC(O)[C@@H](COCCC(=O)N1CCN(c2ncc(C(F)(F)F)cn2)CC1)NC1CNNC(=O)C1C(F)(F)F. The van der Waals surface area contributed by atoms with Gasteiger partial charge in [-0.1, -0.05) is 0 Å². The summed E-state index contributed by atoms with van der Waals surface area (Å²) in [6.45, 7) is 2.09. The van der Waals surface area contributed by atoms with Crippen LogP contribution in [-0.2, 0) is 20.5 Å². The number of ether oxygens (including phenoxy) is 1. The molecule has 4 atom stereocenters. The van der Waals surface area contributed by atoms with E-state index in [1.807, 2.05) is 5.43 Å². The molecule has 1 aromatic heterocycles. The predicted molar refractivity (Wildman–Crippen MR) is 119 cm³/mol. The van der Waals surface area contributed by atoms with Gasteiger partial charge in [-0.3, -0.25) is 15.0 Å². The Morgan fingerprint density at radius 3 is 2.37 bits per heavy atom. The van der Waals surface area contributed by atoms with Crippen molar-refractivity contribution in [2.45, 2.75) is 43.9 Å². The van der Waals surface area contributed by atoms with Gasteiger partial charge in [-0.15, -0.1) is 0 Å². The predicted octanol–water partition coefficient (Wildman–Crippen LogP) is 0.0712. The maximum absolute atomic E-state index is 13.3. The lowest BCUT2D eigenvalue weighted by molar-refractivity contribution is -0.193. The fraction of sp³-hybridized carbons (Fsp3) is 0.714. The summed E-state index contributed by atoms with van der Waals surface area (Å²) in [4.78, 5) is 34.9. The van der Waals surface area contributed by atoms with E-state index in [1.165, 1.54) is 6.92 Å². The molecule has 38 heavy (non-hydrogen) atoms. The molecule has 1 aromatic rings. The second-order valence-electron chi connectivity index (χ2n) is 8.97. The molecule has 3 unspecified atom stereocenters. The Morgan fingerprint density at radius 2 is 1.82 bits per heavy atom. The molecule has 0 spiro atoms. The van der Waals surface area contributed by atoms with Crippen molar-refractivity contribution < 1.29 is 45.8 Å². The van der Waals surface area contributed by atoms with E-state index in [-0.39, 0.29) is 51.1 Å². The fourth-order valence-electron chi connectivity index (χ4n) is 4.07. The zero-order valence-corrected chi connectivity index (χ0v) is 20.3. The topological polar surface area (TPSA) is 132 Å². The monoisotopic (exact) mass is 557 g/mol. The van der Waals surface area contributed by atoms with Crippen LogP contribution in [0.1, 0.15) is 18.9 Å². The van der Waals surface area contributed by atoms with Crippen LogP contribution in [0, 0.1) is 5.92 Å². The van der Waals surface area contributed by atoms with Gasteiger partial charge in [0.05, 0.1) is 37.3 Å². The van der Waals surface area contributed by atoms with E-state index in [4.69, 9.17) is 4.74 Å². The van der Waals surface area contributed by atoms with Crippen molar-refractivity contribution in [3.8, 4) is 0 Å². The summed E-state index contributed by atoms with van der Waals surface area (Å²) in [5, 5.41) is 12.6. The highest BCUT2D eigenvalue weighted by atomic mass is 19.4. The number of aliphatic hydroxyl groups excluding tert-OH is 1. The molecule has 2 saturated heterocycles. The number of piperazine rings is 1. The van der Waals surface area contributed by atoms with Crippen LogP contribution in [0.2, 0.25) is 0 Å². The first-order chi connectivity index (χ1) is 17.8. The van der Waals surface area contributed by atoms with Gasteiger partial charge in [0.15, 0.2) is 5.92 Å². The van der Waals surface area contributed by atoms with Crippen LogP contribution in [0.4, 0.5) is 32.3 Å². The number of hydrazine groups is 1. The van der Waals surface area contributed by atoms with E-state index >= 15 is 0 Å². The number of carbonyl (C=O) groups is 2. The highest BCUT2D eigenvalue weighted by Gasteiger charge is 2.51. The molecule has 0 aliphatic carbocycles. The molecule has 11 nitrogen and oxygen atoms in total. The maximum atomic E-state index is 13.3. The van der Waals surface area contributed by atoms with Crippen molar-refractivity contribution in [2.75, 3.05) is 50.8 Å². The zero-order valence-electron chi connectivity index (χ0n) is 20.3.